The molecule has 2 aromatic heterocycles. The number of aromatic nitrogens is 3. The van der Waals surface area contributed by atoms with Gasteiger partial charge in [-0.15, -0.1) is 0 Å². The lowest BCUT2D eigenvalue weighted by atomic mass is 10.1. The lowest BCUT2D eigenvalue weighted by Gasteiger charge is -2.16. The molecule has 0 bridgehead atoms. The summed E-state index contributed by atoms with van der Waals surface area (Å²) < 4.78 is 5.13. The molecule has 1 saturated heterocycles. The van der Waals surface area contributed by atoms with Gasteiger partial charge in [0.1, 0.15) is 0 Å². The molecule has 1 unspecified atom stereocenters. The van der Waals surface area contributed by atoms with Crippen molar-refractivity contribution >= 4 is 17.5 Å². The van der Waals surface area contributed by atoms with Crippen LogP contribution >= 0.6 is 0 Å². The van der Waals surface area contributed by atoms with Gasteiger partial charge < -0.3 is 19.7 Å². The van der Waals surface area contributed by atoms with Gasteiger partial charge in [0.2, 0.25) is 29.1 Å². The van der Waals surface area contributed by atoms with Crippen molar-refractivity contribution in [1.82, 2.24) is 20.4 Å². The average Bonchev–Trinajstić information content (AvgIpc) is 3.34. The van der Waals surface area contributed by atoms with Gasteiger partial charge in [-0.2, -0.15) is 4.98 Å². The summed E-state index contributed by atoms with van der Waals surface area (Å²) in [6, 6.07) is 10.6. The van der Waals surface area contributed by atoms with E-state index < -0.39 is 5.92 Å². The minimum atomic E-state index is -0.445. The van der Waals surface area contributed by atoms with E-state index in [4.69, 9.17) is 4.52 Å². The van der Waals surface area contributed by atoms with Crippen LogP contribution < -0.4 is 15.8 Å². The van der Waals surface area contributed by atoms with Gasteiger partial charge in [0.15, 0.2) is 0 Å². The fraction of sp³-hybridized carbons (Fsp3) is 0.250. The van der Waals surface area contributed by atoms with Gasteiger partial charge in [0, 0.05) is 36.5 Å². The molecule has 2 N–H and O–H groups in total. The predicted molar refractivity (Wildman–Crippen MR) is 104 cm³/mol. The Morgan fingerprint density at radius 3 is 2.83 bits per heavy atom. The maximum Gasteiger partial charge on any atom is 0.248 e. The van der Waals surface area contributed by atoms with Crippen molar-refractivity contribution in [3.63, 3.8) is 0 Å². The van der Waals surface area contributed by atoms with Crippen molar-refractivity contribution in [2.45, 2.75) is 19.9 Å². The first kappa shape index (κ1) is 18.6. The lowest BCUT2D eigenvalue weighted by molar-refractivity contribution is -0.126. The molecule has 1 atom stereocenters. The van der Waals surface area contributed by atoms with Crippen molar-refractivity contribution in [2.24, 2.45) is 5.92 Å². The monoisotopic (exact) mass is 393 g/mol. The van der Waals surface area contributed by atoms with Crippen LogP contribution in [-0.2, 0) is 16.1 Å². The van der Waals surface area contributed by atoms with Crippen LogP contribution in [-0.4, -0.2) is 33.5 Å². The molecule has 0 aliphatic carbocycles. The molecule has 1 aliphatic heterocycles. The summed E-state index contributed by atoms with van der Waals surface area (Å²) in [6.07, 6.45) is 1.65. The SMILES string of the molecule is Cc1ccc(N2CC(C(=O)NCc3nc(-c4cc[nH]c(=O)c4)no3)CC2=O)cc1. The normalized spacial score (nSPS) is 16.2. The molecule has 1 aliphatic rings. The molecule has 2 amide bonds. The number of aromatic amines is 1. The Morgan fingerprint density at radius 2 is 2.07 bits per heavy atom. The van der Waals surface area contributed by atoms with E-state index in [1.165, 1.54) is 12.3 Å². The molecule has 1 fully saturated rings. The highest BCUT2D eigenvalue weighted by Gasteiger charge is 2.35. The van der Waals surface area contributed by atoms with Crippen molar-refractivity contribution < 1.29 is 14.1 Å². The third-order valence-corrected chi connectivity index (χ3v) is 4.76. The Labute approximate surface area is 165 Å². The maximum atomic E-state index is 12.5. The van der Waals surface area contributed by atoms with Crippen molar-refractivity contribution in [2.75, 3.05) is 11.4 Å². The number of amides is 2. The Hall–Kier alpha value is -3.75. The molecule has 4 rings (SSSR count). The van der Waals surface area contributed by atoms with E-state index in [1.54, 1.807) is 11.0 Å². The van der Waals surface area contributed by atoms with Crippen LogP contribution in [0.2, 0.25) is 0 Å². The van der Waals surface area contributed by atoms with E-state index >= 15 is 0 Å². The molecule has 29 heavy (non-hydrogen) atoms. The standard InChI is InChI=1S/C20H19N5O4/c1-12-2-4-15(5-3-12)25-11-14(9-18(25)27)20(28)22-10-17-23-19(24-29-17)13-6-7-21-16(26)8-13/h2-8,14H,9-11H2,1H3,(H,21,26)(H,22,28). The Balaban J connectivity index is 1.36. The molecule has 148 valence electrons. The number of carbonyl (C=O) groups excluding carboxylic acids is 2. The second kappa shape index (κ2) is 7.70. The van der Waals surface area contributed by atoms with E-state index in [0.717, 1.165) is 11.3 Å². The average molecular weight is 393 g/mol. The van der Waals surface area contributed by atoms with Crippen LogP contribution in [0.5, 0.6) is 0 Å². The number of H-pyrrole nitrogens is 1. The Kier molecular flexibility index (Phi) is 4.94. The molecule has 9 nitrogen and oxygen atoms in total. The zero-order valence-corrected chi connectivity index (χ0v) is 15.7. The van der Waals surface area contributed by atoms with Gasteiger partial charge in [0.25, 0.3) is 0 Å². The molecule has 0 radical (unpaired) electrons. The highest BCUT2D eigenvalue weighted by atomic mass is 16.5. The van der Waals surface area contributed by atoms with E-state index in [0.29, 0.717) is 12.1 Å². The molecular weight excluding hydrogens is 374 g/mol. The Morgan fingerprint density at radius 1 is 1.28 bits per heavy atom. The van der Waals surface area contributed by atoms with Crippen molar-refractivity contribution in [3.8, 4) is 11.4 Å². The molecule has 9 heteroatoms. The molecule has 0 spiro atoms. The van der Waals surface area contributed by atoms with Crippen LogP contribution in [0, 0.1) is 12.8 Å². The number of benzene rings is 1. The smallest absolute Gasteiger partial charge is 0.248 e. The highest BCUT2D eigenvalue weighted by molar-refractivity contribution is 6.00. The number of aryl methyl sites for hydroxylation is 1. The van der Waals surface area contributed by atoms with Crippen molar-refractivity contribution in [1.29, 1.82) is 0 Å². The number of nitrogens with zero attached hydrogens (tertiary/aromatic N) is 3. The van der Waals surface area contributed by atoms with Crippen LogP contribution in [0.3, 0.4) is 0 Å². The van der Waals surface area contributed by atoms with Gasteiger partial charge in [-0.05, 0) is 25.1 Å². The molecule has 3 aromatic rings. The summed E-state index contributed by atoms with van der Waals surface area (Å²) >= 11 is 0. The molecule has 0 saturated carbocycles. The first-order valence-corrected chi connectivity index (χ1v) is 9.16. The lowest BCUT2D eigenvalue weighted by Crippen LogP contribution is -2.32. The minimum Gasteiger partial charge on any atom is -0.347 e. The first-order chi connectivity index (χ1) is 14.0. The van der Waals surface area contributed by atoms with Crippen LogP contribution in [0.15, 0.2) is 51.9 Å². The van der Waals surface area contributed by atoms with Gasteiger partial charge in [0.05, 0.1) is 12.5 Å². The van der Waals surface area contributed by atoms with Gasteiger partial charge in [-0.3, -0.25) is 14.4 Å². The highest BCUT2D eigenvalue weighted by Crippen LogP contribution is 2.25. The topological polar surface area (TPSA) is 121 Å². The van der Waals surface area contributed by atoms with E-state index in [9.17, 15) is 14.4 Å². The molecule has 3 heterocycles. The fourth-order valence-corrected chi connectivity index (χ4v) is 3.19. The quantitative estimate of drug-likeness (QED) is 0.676. The summed E-state index contributed by atoms with van der Waals surface area (Å²) in [5.41, 5.74) is 2.14. The number of anilines is 1. The van der Waals surface area contributed by atoms with Crippen molar-refractivity contribution in [3.05, 3.63) is 64.4 Å². The Bertz CT molecular complexity index is 1100. The summed E-state index contributed by atoms with van der Waals surface area (Å²) in [6.45, 7) is 2.35. The third-order valence-electron chi connectivity index (χ3n) is 4.76. The molecular formula is C20H19N5O4. The summed E-state index contributed by atoms with van der Waals surface area (Å²) in [4.78, 5) is 44.5. The van der Waals surface area contributed by atoms with Gasteiger partial charge in [-0.25, -0.2) is 0 Å². The first-order valence-electron chi connectivity index (χ1n) is 9.16. The molecule has 1 aromatic carbocycles. The van der Waals surface area contributed by atoms with Crippen LogP contribution in [0.25, 0.3) is 11.4 Å². The van der Waals surface area contributed by atoms with Gasteiger partial charge >= 0.3 is 0 Å². The van der Waals surface area contributed by atoms with Crippen LogP contribution in [0.4, 0.5) is 5.69 Å². The zero-order valence-electron chi connectivity index (χ0n) is 15.7. The van der Waals surface area contributed by atoms with E-state index in [2.05, 4.69) is 20.4 Å². The number of pyridine rings is 1. The third kappa shape index (κ3) is 4.08. The maximum absolute atomic E-state index is 12.5. The van der Waals surface area contributed by atoms with E-state index in [-0.39, 0.29) is 42.1 Å². The summed E-state index contributed by atoms with van der Waals surface area (Å²) in [7, 11) is 0. The second-order valence-electron chi connectivity index (χ2n) is 6.91. The largest absolute Gasteiger partial charge is 0.347 e. The predicted octanol–water partition coefficient (Wildman–Crippen LogP) is 1.40. The fourth-order valence-electron chi connectivity index (χ4n) is 3.19. The number of nitrogens with one attached hydrogen (secondary N) is 2. The number of hydrogen-bond donors (Lipinski definition) is 2. The van der Waals surface area contributed by atoms with Crippen LogP contribution in [0.1, 0.15) is 17.9 Å². The summed E-state index contributed by atoms with van der Waals surface area (Å²) in [5, 5.41) is 6.56. The minimum absolute atomic E-state index is 0.0459. The number of hydrogen-bond acceptors (Lipinski definition) is 6. The van der Waals surface area contributed by atoms with E-state index in [1.807, 2.05) is 31.2 Å². The second-order valence-corrected chi connectivity index (χ2v) is 6.91. The zero-order chi connectivity index (χ0) is 20.4. The van der Waals surface area contributed by atoms with Gasteiger partial charge in [-0.1, -0.05) is 22.9 Å². The summed E-state index contributed by atoms with van der Waals surface area (Å²) in [5.74, 6) is -0.290. The number of rotatable bonds is 5. The number of carbonyl (C=O) groups is 2.